The lowest BCUT2D eigenvalue weighted by Crippen LogP contribution is -2.29. The van der Waals surface area contributed by atoms with Crippen LogP contribution in [0.4, 0.5) is 0 Å². The van der Waals surface area contributed by atoms with E-state index in [4.69, 9.17) is 4.74 Å². The average Bonchev–Trinajstić information content (AvgIpc) is 2.98. The number of carbonyl (C=O) groups excluding carboxylic acids is 1. The topological polar surface area (TPSA) is 50.4 Å². The van der Waals surface area contributed by atoms with E-state index in [0.29, 0.717) is 12.5 Å². The molecule has 4 nitrogen and oxygen atoms in total. The van der Waals surface area contributed by atoms with E-state index in [2.05, 4.69) is 10.6 Å². The lowest BCUT2D eigenvalue weighted by molar-refractivity contribution is -0.121. The third kappa shape index (κ3) is 6.80. The third-order valence-corrected chi connectivity index (χ3v) is 4.01. The van der Waals surface area contributed by atoms with Gasteiger partial charge in [0.25, 0.3) is 0 Å². The van der Waals surface area contributed by atoms with Crippen LogP contribution in [0.3, 0.4) is 0 Å². The quantitative estimate of drug-likeness (QED) is 0.797. The maximum Gasteiger partial charge on any atom is 0.220 e. The second-order valence-corrected chi connectivity index (χ2v) is 6.36. The Bertz CT molecular complexity index is 470. The molecule has 0 radical (unpaired) electrons. The fourth-order valence-electron chi connectivity index (χ4n) is 2.81. The van der Waals surface area contributed by atoms with Crippen LogP contribution < -0.4 is 15.4 Å². The van der Waals surface area contributed by atoms with Crippen molar-refractivity contribution < 1.29 is 9.53 Å². The standard InChI is InChI=1S/C18H28N2O2.ClH/c1-13(2)22-17-9-6-15(7-10-17)14(3)20-18(21)11-8-16-5-4-12-19-16;/h6-7,9-10,13-14,16,19H,4-5,8,11-12H2,1-3H3,(H,20,21);1H. The minimum atomic E-state index is 0. The van der Waals surface area contributed by atoms with Crippen LogP contribution in [-0.2, 0) is 4.79 Å². The van der Waals surface area contributed by atoms with E-state index in [1.807, 2.05) is 45.0 Å². The van der Waals surface area contributed by atoms with Crippen LogP contribution in [0.2, 0.25) is 0 Å². The summed E-state index contributed by atoms with van der Waals surface area (Å²) in [7, 11) is 0. The number of ether oxygens (including phenoxy) is 1. The molecule has 1 aliphatic rings. The first kappa shape index (κ1) is 19.8. The molecule has 1 heterocycles. The predicted molar refractivity (Wildman–Crippen MR) is 96.3 cm³/mol. The second kappa shape index (κ2) is 9.78. The largest absolute Gasteiger partial charge is 0.491 e. The number of carbonyl (C=O) groups is 1. The first-order valence-corrected chi connectivity index (χ1v) is 8.34. The SMILES string of the molecule is CC(C)Oc1ccc(C(C)NC(=O)CCC2CCCN2)cc1.Cl. The molecule has 0 saturated carbocycles. The number of nitrogens with one attached hydrogen (secondary N) is 2. The van der Waals surface area contributed by atoms with Gasteiger partial charge in [-0.05, 0) is 64.3 Å². The van der Waals surface area contributed by atoms with Crippen molar-refractivity contribution in [3.05, 3.63) is 29.8 Å². The van der Waals surface area contributed by atoms with E-state index in [0.717, 1.165) is 24.3 Å². The number of hydrogen-bond acceptors (Lipinski definition) is 3. The van der Waals surface area contributed by atoms with E-state index in [-0.39, 0.29) is 30.5 Å². The van der Waals surface area contributed by atoms with Gasteiger partial charge in [0, 0.05) is 12.5 Å². The minimum absolute atomic E-state index is 0. The number of rotatable bonds is 7. The zero-order valence-electron chi connectivity index (χ0n) is 14.3. The van der Waals surface area contributed by atoms with Crippen molar-refractivity contribution in [2.45, 2.75) is 64.6 Å². The monoisotopic (exact) mass is 340 g/mol. The molecule has 0 bridgehead atoms. The molecule has 0 aliphatic carbocycles. The summed E-state index contributed by atoms with van der Waals surface area (Å²) in [6.45, 7) is 7.13. The Labute approximate surface area is 145 Å². The Kier molecular flexibility index (Phi) is 8.42. The molecule has 1 fully saturated rings. The molecule has 1 amide bonds. The van der Waals surface area contributed by atoms with Crippen LogP contribution in [0.15, 0.2) is 24.3 Å². The van der Waals surface area contributed by atoms with Crippen molar-refractivity contribution in [3.63, 3.8) is 0 Å². The van der Waals surface area contributed by atoms with E-state index in [9.17, 15) is 4.79 Å². The van der Waals surface area contributed by atoms with Gasteiger partial charge >= 0.3 is 0 Å². The molecule has 130 valence electrons. The number of benzene rings is 1. The number of halogens is 1. The highest BCUT2D eigenvalue weighted by Crippen LogP contribution is 2.19. The molecule has 0 spiro atoms. The molecule has 2 rings (SSSR count). The summed E-state index contributed by atoms with van der Waals surface area (Å²) in [4.78, 5) is 12.0. The van der Waals surface area contributed by atoms with Crippen LogP contribution in [0.1, 0.15) is 58.1 Å². The summed E-state index contributed by atoms with van der Waals surface area (Å²) in [5.74, 6) is 0.994. The summed E-state index contributed by atoms with van der Waals surface area (Å²) in [5.41, 5.74) is 1.10. The first-order valence-electron chi connectivity index (χ1n) is 8.34. The summed E-state index contributed by atoms with van der Waals surface area (Å²) in [6.07, 6.45) is 4.12. The smallest absolute Gasteiger partial charge is 0.220 e. The lowest BCUT2D eigenvalue weighted by atomic mass is 10.1. The molecule has 1 aromatic carbocycles. The van der Waals surface area contributed by atoms with E-state index >= 15 is 0 Å². The third-order valence-electron chi connectivity index (χ3n) is 4.01. The van der Waals surface area contributed by atoms with Gasteiger partial charge in [0.1, 0.15) is 5.75 Å². The van der Waals surface area contributed by atoms with Crippen molar-refractivity contribution in [1.29, 1.82) is 0 Å². The molecule has 1 aromatic rings. The van der Waals surface area contributed by atoms with E-state index in [1.54, 1.807) is 0 Å². The Morgan fingerprint density at radius 3 is 2.57 bits per heavy atom. The van der Waals surface area contributed by atoms with Crippen molar-refractivity contribution in [2.24, 2.45) is 0 Å². The van der Waals surface area contributed by atoms with Crippen molar-refractivity contribution in [2.75, 3.05) is 6.54 Å². The van der Waals surface area contributed by atoms with Gasteiger partial charge in [-0.3, -0.25) is 4.79 Å². The molecule has 1 aliphatic heterocycles. The molecular formula is C18H29ClN2O2. The Hall–Kier alpha value is -1.26. The van der Waals surface area contributed by atoms with Crippen LogP contribution >= 0.6 is 12.4 Å². The summed E-state index contributed by atoms with van der Waals surface area (Å²) < 4.78 is 5.63. The first-order chi connectivity index (χ1) is 10.5. The minimum Gasteiger partial charge on any atom is -0.491 e. The highest BCUT2D eigenvalue weighted by Gasteiger charge is 2.16. The Balaban J connectivity index is 0.00000264. The Morgan fingerprint density at radius 2 is 2.00 bits per heavy atom. The molecule has 23 heavy (non-hydrogen) atoms. The van der Waals surface area contributed by atoms with Gasteiger partial charge in [-0.25, -0.2) is 0 Å². The molecule has 0 aromatic heterocycles. The second-order valence-electron chi connectivity index (χ2n) is 6.36. The zero-order chi connectivity index (χ0) is 15.9. The predicted octanol–water partition coefficient (Wildman–Crippen LogP) is 3.61. The van der Waals surface area contributed by atoms with Crippen LogP contribution in [0.25, 0.3) is 0 Å². The van der Waals surface area contributed by atoms with Crippen LogP contribution in [0, 0.1) is 0 Å². The lowest BCUT2D eigenvalue weighted by Gasteiger charge is -2.16. The fourth-order valence-corrected chi connectivity index (χ4v) is 2.81. The number of amides is 1. The van der Waals surface area contributed by atoms with Crippen LogP contribution in [0.5, 0.6) is 5.75 Å². The van der Waals surface area contributed by atoms with Gasteiger partial charge in [0.2, 0.25) is 5.91 Å². The van der Waals surface area contributed by atoms with Gasteiger partial charge in [-0.1, -0.05) is 12.1 Å². The molecule has 2 N–H and O–H groups in total. The zero-order valence-corrected chi connectivity index (χ0v) is 15.1. The maximum atomic E-state index is 12.0. The summed E-state index contributed by atoms with van der Waals surface area (Å²) in [5, 5.41) is 6.50. The van der Waals surface area contributed by atoms with Crippen molar-refractivity contribution in [1.82, 2.24) is 10.6 Å². The normalized spacial score (nSPS) is 18.3. The highest BCUT2D eigenvalue weighted by molar-refractivity contribution is 5.85. The van der Waals surface area contributed by atoms with Gasteiger partial charge in [0.15, 0.2) is 0 Å². The Morgan fingerprint density at radius 1 is 1.30 bits per heavy atom. The van der Waals surface area contributed by atoms with Gasteiger partial charge in [-0.2, -0.15) is 0 Å². The van der Waals surface area contributed by atoms with Crippen LogP contribution in [-0.4, -0.2) is 24.6 Å². The summed E-state index contributed by atoms with van der Waals surface area (Å²) in [6, 6.07) is 8.49. The number of hydrogen-bond donors (Lipinski definition) is 2. The maximum absolute atomic E-state index is 12.0. The van der Waals surface area contributed by atoms with Gasteiger partial charge in [-0.15, -0.1) is 12.4 Å². The fraction of sp³-hybridized carbons (Fsp3) is 0.611. The molecule has 5 heteroatoms. The van der Waals surface area contributed by atoms with E-state index < -0.39 is 0 Å². The molecule has 2 unspecified atom stereocenters. The average molecular weight is 341 g/mol. The van der Waals surface area contributed by atoms with Crippen molar-refractivity contribution in [3.8, 4) is 5.75 Å². The van der Waals surface area contributed by atoms with Gasteiger partial charge in [0.05, 0.1) is 12.1 Å². The molecule has 1 saturated heterocycles. The molecule has 2 atom stereocenters. The van der Waals surface area contributed by atoms with Gasteiger partial charge < -0.3 is 15.4 Å². The van der Waals surface area contributed by atoms with Crippen molar-refractivity contribution >= 4 is 18.3 Å². The van der Waals surface area contributed by atoms with E-state index in [1.165, 1.54) is 12.8 Å². The molecular weight excluding hydrogens is 312 g/mol. The highest BCUT2D eigenvalue weighted by atomic mass is 35.5. The summed E-state index contributed by atoms with van der Waals surface area (Å²) >= 11 is 0.